The molecule has 14 heavy (non-hydrogen) atoms. The lowest BCUT2D eigenvalue weighted by molar-refractivity contribution is 0.0336. The SMILES string of the molecule is Nc1cnc(CN2CCOCC2)cn1. The van der Waals surface area contributed by atoms with Gasteiger partial charge in [-0.15, -0.1) is 0 Å². The molecule has 0 aromatic carbocycles. The first-order valence-corrected chi connectivity index (χ1v) is 4.71. The van der Waals surface area contributed by atoms with Gasteiger partial charge in [-0.1, -0.05) is 0 Å². The molecule has 5 nitrogen and oxygen atoms in total. The average molecular weight is 194 g/mol. The molecule has 5 heteroatoms. The molecule has 0 radical (unpaired) electrons. The van der Waals surface area contributed by atoms with Crippen molar-refractivity contribution in [2.45, 2.75) is 6.54 Å². The van der Waals surface area contributed by atoms with Crippen molar-refractivity contribution >= 4 is 5.82 Å². The molecule has 2 rings (SSSR count). The van der Waals surface area contributed by atoms with E-state index < -0.39 is 0 Å². The smallest absolute Gasteiger partial charge is 0.141 e. The fraction of sp³-hybridized carbons (Fsp3) is 0.556. The zero-order valence-corrected chi connectivity index (χ0v) is 8.02. The molecule has 0 bridgehead atoms. The Morgan fingerprint density at radius 1 is 1.29 bits per heavy atom. The fourth-order valence-electron chi connectivity index (χ4n) is 1.43. The summed E-state index contributed by atoms with van der Waals surface area (Å²) in [6.07, 6.45) is 3.32. The largest absolute Gasteiger partial charge is 0.382 e. The standard InChI is InChI=1S/C9H14N4O/c10-9-6-11-8(5-12-9)7-13-1-3-14-4-2-13/h5-6H,1-4,7H2,(H2,10,12). The maximum absolute atomic E-state index is 5.45. The summed E-state index contributed by atoms with van der Waals surface area (Å²) in [6.45, 7) is 4.37. The van der Waals surface area contributed by atoms with Gasteiger partial charge in [0.15, 0.2) is 0 Å². The summed E-state index contributed by atoms with van der Waals surface area (Å²) < 4.78 is 5.26. The van der Waals surface area contributed by atoms with Gasteiger partial charge in [-0.05, 0) is 0 Å². The van der Waals surface area contributed by atoms with Crippen LogP contribution in [-0.2, 0) is 11.3 Å². The predicted molar refractivity (Wildman–Crippen MR) is 52.5 cm³/mol. The molecule has 76 valence electrons. The van der Waals surface area contributed by atoms with Crippen LogP contribution in [0.2, 0.25) is 0 Å². The van der Waals surface area contributed by atoms with E-state index in [2.05, 4.69) is 14.9 Å². The van der Waals surface area contributed by atoms with Gasteiger partial charge in [0, 0.05) is 19.6 Å². The van der Waals surface area contributed by atoms with E-state index in [9.17, 15) is 0 Å². The third-order valence-corrected chi connectivity index (χ3v) is 2.21. The fourth-order valence-corrected chi connectivity index (χ4v) is 1.43. The first-order valence-electron chi connectivity index (χ1n) is 4.71. The van der Waals surface area contributed by atoms with Crippen LogP contribution in [-0.4, -0.2) is 41.2 Å². The molecule has 1 aromatic heterocycles. The van der Waals surface area contributed by atoms with Crippen LogP contribution in [0.25, 0.3) is 0 Å². The van der Waals surface area contributed by atoms with E-state index in [1.165, 1.54) is 0 Å². The van der Waals surface area contributed by atoms with Crippen molar-refractivity contribution in [1.29, 1.82) is 0 Å². The molecular formula is C9H14N4O. The van der Waals surface area contributed by atoms with Crippen molar-refractivity contribution in [3.8, 4) is 0 Å². The minimum atomic E-state index is 0.468. The van der Waals surface area contributed by atoms with Gasteiger partial charge in [-0.2, -0.15) is 0 Å². The van der Waals surface area contributed by atoms with Crippen LogP contribution in [0.3, 0.4) is 0 Å². The van der Waals surface area contributed by atoms with E-state index in [-0.39, 0.29) is 0 Å². The second kappa shape index (κ2) is 4.34. The predicted octanol–water partition coefficient (Wildman–Crippen LogP) is -0.109. The van der Waals surface area contributed by atoms with Crippen molar-refractivity contribution in [2.24, 2.45) is 0 Å². The quantitative estimate of drug-likeness (QED) is 0.711. The summed E-state index contributed by atoms with van der Waals surface area (Å²) in [6, 6.07) is 0. The maximum Gasteiger partial charge on any atom is 0.141 e. The Morgan fingerprint density at radius 2 is 2.07 bits per heavy atom. The zero-order valence-electron chi connectivity index (χ0n) is 8.02. The lowest BCUT2D eigenvalue weighted by Crippen LogP contribution is -2.35. The Kier molecular flexibility index (Phi) is 2.90. The van der Waals surface area contributed by atoms with Crippen molar-refractivity contribution in [3.05, 3.63) is 18.1 Å². The minimum absolute atomic E-state index is 0.468. The molecule has 0 saturated carbocycles. The molecule has 0 spiro atoms. The van der Waals surface area contributed by atoms with E-state index in [0.717, 1.165) is 38.5 Å². The molecule has 1 fully saturated rings. The second-order valence-corrected chi connectivity index (χ2v) is 3.32. The van der Waals surface area contributed by atoms with Gasteiger partial charge in [0.2, 0.25) is 0 Å². The monoisotopic (exact) mass is 194 g/mol. The maximum atomic E-state index is 5.45. The van der Waals surface area contributed by atoms with E-state index >= 15 is 0 Å². The van der Waals surface area contributed by atoms with Gasteiger partial charge >= 0.3 is 0 Å². The lowest BCUT2D eigenvalue weighted by Gasteiger charge is -2.25. The van der Waals surface area contributed by atoms with Crippen molar-refractivity contribution in [3.63, 3.8) is 0 Å². The van der Waals surface area contributed by atoms with Gasteiger partial charge in [0.1, 0.15) is 5.82 Å². The lowest BCUT2D eigenvalue weighted by atomic mass is 10.3. The molecule has 1 aliphatic rings. The summed E-state index contributed by atoms with van der Waals surface area (Å²) >= 11 is 0. The van der Waals surface area contributed by atoms with E-state index in [1.54, 1.807) is 12.4 Å². The summed E-state index contributed by atoms with van der Waals surface area (Å²) in [5.41, 5.74) is 6.41. The highest BCUT2D eigenvalue weighted by Gasteiger charge is 2.10. The van der Waals surface area contributed by atoms with Crippen LogP contribution in [0.5, 0.6) is 0 Å². The van der Waals surface area contributed by atoms with E-state index in [0.29, 0.717) is 5.82 Å². The number of hydrogen-bond donors (Lipinski definition) is 1. The minimum Gasteiger partial charge on any atom is -0.382 e. The summed E-state index contributed by atoms with van der Waals surface area (Å²) in [5.74, 6) is 0.468. The average Bonchev–Trinajstić information content (AvgIpc) is 2.23. The number of hydrogen-bond acceptors (Lipinski definition) is 5. The van der Waals surface area contributed by atoms with Crippen molar-refractivity contribution in [2.75, 3.05) is 32.0 Å². The Morgan fingerprint density at radius 3 is 2.71 bits per heavy atom. The van der Waals surface area contributed by atoms with Crippen molar-refractivity contribution in [1.82, 2.24) is 14.9 Å². The zero-order chi connectivity index (χ0) is 9.80. The third kappa shape index (κ3) is 2.40. The first-order chi connectivity index (χ1) is 6.84. The number of nitrogen functional groups attached to an aromatic ring is 1. The molecular weight excluding hydrogens is 180 g/mol. The Bertz CT molecular complexity index is 281. The molecule has 0 unspecified atom stereocenters. The van der Waals surface area contributed by atoms with Crippen molar-refractivity contribution < 1.29 is 4.74 Å². The molecule has 0 atom stereocenters. The number of rotatable bonds is 2. The van der Waals surface area contributed by atoms with Crippen LogP contribution < -0.4 is 5.73 Å². The molecule has 2 heterocycles. The van der Waals surface area contributed by atoms with E-state index in [1.807, 2.05) is 0 Å². The van der Waals surface area contributed by atoms with Crippen LogP contribution in [0.15, 0.2) is 12.4 Å². The summed E-state index contributed by atoms with van der Waals surface area (Å²) in [5, 5.41) is 0. The number of ether oxygens (including phenoxy) is 1. The number of anilines is 1. The summed E-state index contributed by atoms with van der Waals surface area (Å²) in [7, 11) is 0. The third-order valence-electron chi connectivity index (χ3n) is 2.21. The molecule has 2 N–H and O–H groups in total. The number of aromatic nitrogens is 2. The van der Waals surface area contributed by atoms with Gasteiger partial charge in [-0.25, -0.2) is 4.98 Å². The van der Waals surface area contributed by atoms with Gasteiger partial charge in [0.05, 0.1) is 31.3 Å². The molecule has 1 aromatic rings. The highest BCUT2D eigenvalue weighted by molar-refractivity contribution is 5.22. The van der Waals surface area contributed by atoms with Gasteiger partial charge < -0.3 is 10.5 Å². The second-order valence-electron chi connectivity index (χ2n) is 3.32. The molecule has 0 amide bonds. The van der Waals surface area contributed by atoms with Crippen LogP contribution in [0.1, 0.15) is 5.69 Å². The molecule has 0 aliphatic carbocycles. The number of morpholine rings is 1. The van der Waals surface area contributed by atoms with Crippen LogP contribution >= 0.6 is 0 Å². The van der Waals surface area contributed by atoms with E-state index in [4.69, 9.17) is 10.5 Å². The van der Waals surface area contributed by atoms with Crippen LogP contribution in [0.4, 0.5) is 5.82 Å². The Balaban J connectivity index is 1.92. The Labute approximate surface area is 82.9 Å². The Hall–Kier alpha value is -1.20. The number of nitrogens with two attached hydrogens (primary N) is 1. The van der Waals surface area contributed by atoms with Gasteiger partial charge in [0.25, 0.3) is 0 Å². The normalized spacial score (nSPS) is 18.3. The highest BCUT2D eigenvalue weighted by atomic mass is 16.5. The number of nitrogens with zero attached hydrogens (tertiary/aromatic N) is 3. The first kappa shape index (κ1) is 9.36. The summed E-state index contributed by atoms with van der Waals surface area (Å²) in [4.78, 5) is 10.5. The van der Waals surface area contributed by atoms with Gasteiger partial charge in [-0.3, -0.25) is 9.88 Å². The van der Waals surface area contributed by atoms with Crippen LogP contribution in [0, 0.1) is 0 Å². The topological polar surface area (TPSA) is 64.3 Å². The highest BCUT2D eigenvalue weighted by Crippen LogP contribution is 2.04. The molecule has 1 saturated heterocycles. The molecule has 1 aliphatic heterocycles.